The number of hydrogen-bond donors (Lipinski definition) is 1. The summed E-state index contributed by atoms with van der Waals surface area (Å²) in [6.45, 7) is 9.67. The number of furan rings is 1. The molecule has 4 heterocycles. The van der Waals surface area contributed by atoms with Crippen molar-refractivity contribution in [3.8, 4) is 11.3 Å². The molecule has 34 heavy (non-hydrogen) atoms. The second-order valence-electron chi connectivity index (χ2n) is 9.54. The third-order valence-corrected chi connectivity index (χ3v) is 6.63. The van der Waals surface area contributed by atoms with Gasteiger partial charge in [0, 0.05) is 18.5 Å². The van der Waals surface area contributed by atoms with Gasteiger partial charge in [0.05, 0.1) is 22.8 Å². The van der Waals surface area contributed by atoms with E-state index in [9.17, 15) is 4.79 Å². The van der Waals surface area contributed by atoms with Gasteiger partial charge in [0.1, 0.15) is 17.1 Å². The predicted octanol–water partition coefficient (Wildman–Crippen LogP) is 5.17. The van der Waals surface area contributed by atoms with E-state index in [-0.39, 0.29) is 11.9 Å². The molecule has 4 aromatic rings. The number of amides is 1. The van der Waals surface area contributed by atoms with Crippen molar-refractivity contribution in [2.24, 2.45) is 0 Å². The highest BCUT2D eigenvalue weighted by Crippen LogP contribution is 2.37. The van der Waals surface area contributed by atoms with Crippen LogP contribution in [0.15, 0.2) is 27.3 Å². The lowest BCUT2D eigenvalue weighted by Crippen LogP contribution is -2.48. The molecule has 178 valence electrons. The summed E-state index contributed by atoms with van der Waals surface area (Å²) in [5.41, 5.74) is 2.09. The van der Waals surface area contributed by atoms with Crippen molar-refractivity contribution in [2.45, 2.75) is 78.3 Å². The van der Waals surface area contributed by atoms with E-state index in [0.717, 1.165) is 49.2 Å². The molecular formula is C25H30N6O3. The molecule has 1 N–H and O–H groups in total. The van der Waals surface area contributed by atoms with E-state index in [2.05, 4.69) is 20.6 Å². The fourth-order valence-electron chi connectivity index (χ4n) is 4.95. The van der Waals surface area contributed by atoms with E-state index in [1.165, 1.54) is 0 Å². The number of aromatic nitrogens is 5. The van der Waals surface area contributed by atoms with E-state index in [4.69, 9.17) is 13.9 Å². The number of nitrogens with one attached hydrogen (secondary N) is 1. The van der Waals surface area contributed by atoms with Crippen LogP contribution in [0.1, 0.15) is 85.6 Å². The van der Waals surface area contributed by atoms with Crippen molar-refractivity contribution in [2.75, 3.05) is 0 Å². The maximum atomic E-state index is 13.9. The Morgan fingerprint density at radius 1 is 1.12 bits per heavy atom. The topological polar surface area (TPSA) is 112 Å². The molecule has 5 rings (SSSR count). The van der Waals surface area contributed by atoms with Gasteiger partial charge >= 0.3 is 0 Å². The molecule has 0 spiro atoms. The number of carbonyl (C=O) groups is 1. The van der Waals surface area contributed by atoms with Crippen LogP contribution in [-0.2, 0) is 5.54 Å². The number of rotatable bonds is 5. The van der Waals surface area contributed by atoms with Crippen molar-refractivity contribution in [3.05, 3.63) is 47.1 Å². The Morgan fingerprint density at radius 2 is 1.88 bits per heavy atom. The molecule has 0 atom stereocenters. The van der Waals surface area contributed by atoms with Crippen LogP contribution in [0.2, 0.25) is 0 Å². The van der Waals surface area contributed by atoms with E-state index < -0.39 is 5.54 Å². The summed E-state index contributed by atoms with van der Waals surface area (Å²) in [6.07, 6.45) is 6.36. The molecule has 0 bridgehead atoms. The molecule has 4 aromatic heterocycles. The van der Waals surface area contributed by atoms with Gasteiger partial charge in [0.15, 0.2) is 11.5 Å². The Hall–Kier alpha value is -3.49. The average Bonchev–Trinajstić information content (AvgIpc) is 3.51. The summed E-state index contributed by atoms with van der Waals surface area (Å²) in [6, 6.07) is 3.88. The quantitative estimate of drug-likeness (QED) is 0.435. The van der Waals surface area contributed by atoms with Gasteiger partial charge < -0.3 is 14.3 Å². The monoisotopic (exact) mass is 462 g/mol. The summed E-state index contributed by atoms with van der Waals surface area (Å²) >= 11 is 0. The lowest BCUT2D eigenvalue weighted by molar-refractivity contribution is 0.0857. The Bertz CT molecular complexity index is 1360. The van der Waals surface area contributed by atoms with Gasteiger partial charge in [0.2, 0.25) is 5.89 Å². The fraction of sp³-hybridized carbons (Fsp3) is 0.480. The first kappa shape index (κ1) is 22.3. The average molecular weight is 463 g/mol. The number of aryl methyl sites for hydroxylation is 3. The zero-order chi connectivity index (χ0) is 24.0. The van der Waals surface area contributed by atoms with Gasteiger partial charge in [-0.25, -0.2) is 9.67 Å². The second kappa shape index (κ2) is 8.38. The van der Waals surface area contributed by atoms with Crippen LogP contribution in [0.3, 0.4) is 0 Å². The van der Waals surface area contributed by atoms with Gasteiger partial charge in [-0.2, -0.15) is 10.1 Å². The van der Waals surface area contributed by atoms with Crippen molar-refractivity contribution in [1.29, 1.82) is 0 Å². The van der Waals surface area contributed by atoms with E-state index >= 15 is 0 Å². The fourth-order valence-corrected chi connectivity index (χ4v) is 4.95. The number of pyridine rings is 1. The predicted molar refractivity (Wildman–Crippen MR) is 126 cm³/mol. The highest BCUT2D eigenvalue weighted by molar-refractivity contribution is 6.06. The number of hydrogen-bond acceptors (Lipinski definition) is 7. The molecular weight excluding hydrogens is 432 g/mol. The van der Waals surface area contributed by atoms with Crippen molar-refractivity contribution in [1.82, 2.24) is 30.2 Å². The van der Waals surface area contributed by atoms with Crippen molar-refractivity contribution < 1.29 is 13.7 Å². The van der Waals surface area contributed by atoms with Crippen LogP contribution in [-0.4, -0.2) is 30.8 Å². The molecule has 1 aliphatic carbocycles. The van der Waals surface area contributed by atoms with Gasteiger partial charge in [0.25, 0.3) is 5.91 Å². The highest BCUT2D eigenvalue weighted by Gasteiger charge is 2.40. The molecule has 0 aliphatic heterocycles. The minimum absolute atomic E-state index is 0.0929. The van der Waals surface area contributed by atoms with Crippen molar-refractivity contribution >= 4 is 16.9 Å². The van der Waals surface area contributed by atoms with E-state index in [1.54, 1.807) is 13.1 Å². The first-order valence-electron chi connectivity index (χ1n) is 11.9. The molecule has 0 saturated heterocycles. The molecule has 9 nitrogen and oxygen atoms in total. The molecule has 0 radical (unpaired) electrons. The molecule has 1 aliphatic rings. The van der Waals surface area contributed by atoms with E-state index in [1.807, 2.05) is 44.5 Å². The minimum Gasteiger partial charge on any atom is -0.466 e. The SMILES string of the molecule is Cc1cc(-c2cc(C(=O)NC3(c4noc(C)n4)CCCCC3)c3cnn(C(C)C)c3n2)c(C)o1. The number of fused-ring (bicyclic) bond motifs is 1. The number of carbonyl (C=O) groups excluding carboxylic acids is 1. The van der Waals surface area contributed by atoms with Crippen molar-refractivity contribution in [3.63, 3.8) is 0 Å². The maximum Gasteiger partial charge on any atom is 0.252 e. The largest absolute Gasteiger partial charge is 0.466 e. The molecule has 0 aromatic carbocycles. The van der Waals surface area contributed by atoms with Crippen LogP contribution in [0, 0.1) is 20.8 Å². The second-order valence-corrected chi connectivity index (χ2v) is 9.54. The summed E-state index contributed by atoms with van der Waals surface area (Å²) < 4.78 is 12.9. The molecule has 1 amide bonds. The van der Waals surface area contributed by atoms with Gasteiger partial charge in [-0.3, -0.25) is 4.79 Å². The Kier molecular flexibility index (Phi) is 5.50. The summed E-state index contributed by atoms with van der Waals surface area (Å²) in [5, 5.41) is 12.7. The van der Waals surface area contributed by atoms with Crippen LogP contribution in [0.4, 0.5) is 0 Å². The first-order valence-corrected chi connectivity index (χ1v) is 11.9. The molecule has 1 saturated carbocycles. The lowest BCUT2D eigenvalue weighted by Gasteiger charge is -2.35. The minimum atomic E-state index is -0.654. The smallest absolute Gasteiger partial charge is 0.252 e. The van der Waals surface area contributed by atoms with Crippen LogP contribution in [0.25, 0.3) is 22.3 Å². The lowest BCUT2D eigenvalue weighted by atomic mass is 9.80. The summed E-state index contributed by atoms with van der Waals surface area (Å²) in [7, 11) is 0. The standard InChI is InChI=1S/C25H30N6O3/c1-14(2)31-22-20(13-26-31)19(12-21(28-22)18-11-15(3)33-16(18)4)23(32)29-25(9-7-6-8-10-25)24-27-17(5)34-30-24/h11-14H,6-10H2,1-5H3,(H,29,32). The van der Waals surface area contributed by atoms with Crippen LogP contribution in [0.5, 0.6) is 0 Å². The number of nitrogens with zero attached hydrogens (tertiary/aromatic N) is 5. The summed E-state index contributed by atoms with van der Waals surface area (Å²) in [5.74, 6) is 2.40. The molecule has 0 unspecified atom stereocenters. The van der Waals surface area contributed by atoms with Gasteiger partial charge in [-0.1, -0.05) is 24.4 Å². The molecule has 9 heteroatoms. The van der Waals surface area contributed by atoms with Crippen LogP contribution < -0.4 is 5.32 Å². The first-order chi connectivity index (χ1) is 16.3. The summed E-state index contributed by atoms with van der Waals surface area (Å²) in [4.78, 5) is 23.3. The zero-order valence-corrected chi connectivity index (χ0v) is 20.3. The Morgan fingerprint density at radius 3 is 2.50 bits per heavy atom. The Labute approximate surface area is 197 Å². The third kappa shape index (κ3) is 3.78. The van der Waals surface area contributed by atoms with Gasteiger partial charge in [-0.15, -0.1) is 0 Å². The molecule has 1 fully saturated rings. The van der Waals surface area contributed by atoms with Gasteiger partial charge in [-0.05, 0) is 52.7 Å². The highest BCUT2D eigenvalue weighted by atomic mass is 16.5. The Balaban J connectivity index is 1.63. The normalized spacial score (nSPS) is 15.8. The van der Waals surface area contributed by atoms with Crippen LogP contribution >= 0.6 is 0 Å². The maximum absolute atomic E-state index is 13.9. The van der Waals surface area contributed by atoms with E-state index in [0.29, 0.717) is 34.0 Å². The zero-order valence-electron chi connectivity index (χ0n) is 20.3. The third-order valence-electron chi connectivity index (χ3n) is 6.63.